The number of nitrogens with zero attached hydrogens (tertiary/aromatic N) is 2. The summed E-state index contributed by atoms with van der Waals surface area (Å²) in [5.74, 6) is 0.424. The molecule has 33 heavy (non-hydrogen) atoms. The van der Waals surface area contributed by atoms with Crippen molar-refractivity contribution in [3.8, 4) is 5.75 Å². The van der Waals surface area contributed by atoms with Gasteiger partial charge in [-0.2, -0.15) is 5.10 Å². The third kappa shape index (κ3) is 6.21. The lowest BCUT2D eigenvalue weighted by Crippen LogP contribution is -2.18. The fourth-order valence-electron chi connectivity index (χ4n) is 3.26. The fourth-order valence-corrected chi connectivity index (χ4v) is 4.20. The first-order valence-electron chi connectivity index (χ1n) is 10.6. The second-order valence-electron chi connectivity index (χ2n) is 7.29. The van der Waals surface area contributed by atoms with Gasteiger partial charge in [-0.05, 0) is 67.5 Å². The first-order valence-corrected chi connectivity index (χ1v) is 11.4. The highest BCUT2D eigenvalue weighted by Crippen LogP contribution is 2.36. The maximum absolute atomic E-state index is 11.1. The zero-order chi connectivity index (χ0) is 22.9. The Bertz CT molecular complexity index is 1240. The molecule has 1 amide bonds. The Morgan fingerprint density at radius 3 is 2.82 bits per heavy atom. The molecule has 4 aromatic rings. The minimum atomic E-state index is -0.379. The van der Waals surface area contributed by atoms with Crippen LogP contribution in [0.4, 0.5) is 0 Å². The highest BCUT2D eigenvalue weighted by molar-refractivity contribution is 7.99. The predicted octanol–water partition coefficient (Wildman–Crippen LogP) is 5.33. The van der Waals surface area contributed by atoms with Gasteiger partial charge in [-0.3, -0.25) is 20.1 Å². The molecule has 0 unspecified atom stereocenters. The topological polar surface area (TPSA) is 100 Å². The first kappa shape index (κ1) is 22.6. The summed E-state index contributed by atoms with van der Waals surface area (Å²) in [5.41, 5.74) is 4.35. The van der Waals surface area contributed by atoms with E-state index in [1.807, 2.05) is 54.6 Å². The van der Waals surface area contributed by atoms with Crippen molar-refractivity contribution in [2.24, 2.45) is 0 Å². The first-order chi connectivity index (χ1) is 16.2. The molecule has 8 heteroatoms. The van der Waals surface area contributed by atoms with Crippen LogP contribution in [0, 0.1) is 0 Å². The number of unbranched alkanes of at least 4 members (excludes halogenated alkanes) is 1. The zero-order valence-corrected chi connectivity index (χ0v) is 18.7. The number of ether oxygens (including phenoxy) is 1. The number of carbonyl (C=O) groups is 1. The molecule has 2 heterocycles. The summed E-state index contributed by atoms with van der Waals surface area (Å²) in [4.78, 5) is 17.5. The number of hydrogen-bond acceptors (Lipinski definition) is 6. The van der Waals surface area contributed by atoms with Crippen molar-refractivity contribution in [2.45, 2.75) is 29.1 Å². The van der Waals surface area contributed by atoms with E-state index in [1.165, 1.54) is 0 Å². The van der Waals surface area contributed by atoms with Crippen LogP contribution >= 0.6 is 11.8 Å². The number of hydroxylamine groups is 1. The number of hydrogen-bond donors (Lipinski definition) is 3. The van der Waals surface area contributed by atoms with Crippen LogP contribution in [-0.4, -0.2) is 32.9 Å². The molecule has 0 atom stereocenters. The number of benzene rings is 2. The molecule has 0 aliphatic heterocycles. The highest BCUT2D eigenvalue weighted by atomic mass is 32.2. The van der Waals surface area contributed by atoms with E-state index in [1.54, 1.807) is 23.4 Å². The van der Waals surface area contributed by atoms with E-state index in [9.17, 15) is 4.79 Å². The van der Waals surface area contributed by atoms with Crippen LogP contribution in [0.2, 0.25) is 0 Å². The van der Waals surface area contributed by atoms with E-state index >= 15 is 0 Å². The molecule has 0 aliphatic carbocycles. The van der Waals surface area contributed by atoms with Crippen LogP contribution < -0.4 is 10.2 Å². The number of fused-ring (bicyclic) bond motifs is 1. The summed E-state index contributed by atoms with van der Waals surface area (Å²) < 4.78 is 5.94. The number of nitrogens with one attached hydrogen (secondary N) is 2. The number of pyridine rings is 1. The van der Waals surface area contributed by atoms with Crippen molar-refractivity contribution >= 4 is 40.7 Å². The van der Waals surface area contributed by atoms with Crippen LogP contribution in [0.15, 0.2) is 76.7 Å². The monoisotopic (exact) mass is 460 g/mol. The summed E-state index contributed by atoms with van der Waals surface area (Å²) in [6, 6.07) is 19.9. The molecule has 168 valence electrons. The lowest BCUT2D eigenvalue weighted by Gasteiger charge is -2.11. The van der Waals surface area contributed by atoms with Crippen molar-refractivity contribution in [1.82, 2.24) is 20.7 Å². The average Bonchev–Trinajstić information content (AvgIpc) is 3.26. The van der Waals surface area contributed by atoms with E-state index < -0.39 is 0 Å². The van der Waals surface area contributed by atoms with E-state index in [0.717, 1.165) is 44.3 Å². The Morgan fingerprint density at radius 1 is 1.09 bits per heavy atom. The van der Waals surface area contributed by atoms with Crippen molar-refractivity contribution in [1.29, 1.82) is 0 Å². The van der Waals surface area contributed by atoms with Crippen molar-refractivity contribution in [3.05, 3.63) is 78.2 Å². The number of carbonyl (C=O) groups excluding carboxylic acids is 1. The lowest BCUT2D eigenvalue weighted by atomic mass is 10.2. The van der Waals surface area contributed by atoms with E-state index in [4.69, 9.17) is 9.94 Å². The van der Waals surface area contributed by atoms with E-state index in [2.05, 4.69) is 33.4 Å². The lowest BCUT2D eigenvalue weighted by molar-refractivity contribution is -0.129. The molecule has 7 nitrogen and oxygen atoms in total. The molecule has 0 saturated heterocycles. The van der Waals surface area contributed by atoms with Crippen molar-refractivity contribution < 1.29 is 14.7 Å². The maximum atomic E-state index is 11.1. The van der Waals surface area contributed by atoms with Crippen LogP contribution in [0.5, 0.6) is 5.75 Å². The van der Waals surface area contributed by atoms with E-state index in [-0.39, 0.29) is 12.3 Å². The molecule has 2 aromatic carbocycles. The minimum absolute atomic E-state index is 0.277. The number of amides is 1. The maximum Gasteiger partial charge on any atom is 0.243 e. The Morgan fingerprint density at radius 2 is 1.97 bits per heavy atom. The summed E-state index contributed by atoms with van der Waals surface area (Å²) in [6.45, 7) is 0.502. The van der Waals surface area contributed by atoms with E-state index in [0.29, 0.717) is 13.0 Å². The molecule has 0 aliphatic rings. The van der Waals surface area contributed by atoms with Crippen LogP contribution in [0.25, 0.3) is 23.1 Å². The minimum Gasteiger partial charge on any atom is -0.492 e. The number of rotatable bonds is 10. The van der Waals surface area contributed by atoms with Gasteiger partial charge in [0.05, 0.1) is 28.4 Å². The molecule has 0 saturated carbocycles. The number of H-pyrrole nitrogens is 1. The number of aromatic nitrogens is 3. The van der Waals surface area contributed by atoms with Gasteiger partial charge in [0.2, 0.25) is 5.91 Å². The molecule has 0 radical (unpaired) electrons. The number of para-hydroxylation sites is 1. The molecular formula is C25H24N4O3S. The van der Waals surface area contributed by atoms with Gasteiger partial charge in [-0.25, -0.2) is 5.48 Å². The average molecular weight is 461 g/mol. The van der Waals surface area contributed by atoms with Gasteiger partial charge in [0.15, 0.2) is 0 Å². The predicted molar refractivity (Wildman–Crippen MR) is 129 cm³/mol. The van der Waals surface area contributed by atoms with Gasteiger partial charge in [0, 0.05) is 22.9 Å². The smallest absolute Gasteiger partial charge is 0.243 e. The van der Waals surface area contributed by atoms with Crippen LogP contribution in [0.3, 0.4) is 0 Å². The summed E-state index contributed by atoms with van der Waals surface area (Å²) in [7, 11) is 0. The second kappa shape index (κ2) is 11.3. The van der Waals surface area contributed by atoms with Gasteiger partial charge < -0.3 is 4.74 Å². The van der Waals surface area contributed by atoms with Crippen molar-refractivity contribution in [2.75, 3.05) is 6.61 Å². The van der Waals surface area contributed by atoms with Crippen LogP contribution in [0.1, 0.15) is 30.7 Å². The molecule has 0 bridgehead atoms. The Hall–Kier alpha value is -3.62. The Balaban J connectivity index is 1.41. The molecule has 0 fully saturated rings. The van der Waals surface area contributed by atoms with Crippen LogP contribution in [-0.2, 0) is 4.79 Å². The Labute approximate surface area is 195 Å². The third-order valence-electron chi connectivity index (χ3n) is 4.92. The zero-order valence-electron chi connectivity index (χ0n) is 17.9. The molecule has 4 rings (SSSR count). The van der Waals surface area contributed by atoms with Gasteiger partial charge in [0.25, 0.3) is 0 Å². The molecular weight excluding hydrogens is 436 g/mol. The standard InChI is InChI=1S/C25H24N4O3S/c30-25(29-31)10-4-6-16-32-23-8-1-2-9-24(23)33-19-12-13-20-21(27-28-22(20)17-19)14-11-18-7-3-5-15-26-18/h1-3,5,7-9,11-15,17,31H,4,6,10,16H2,(H,27,28)(H,29,30). The highest BCUT2D eigenvalue weighted by Gasteiger charge is 2.09. The van der Waals surface area contributed by atoms with Gasteiger partial charge in [0.1, 0.15) is 5.75 Å². The SMILES string of the molecule is O=C(CCCCOc1ccccc1Sc1ccc2c(C=Cc3ccccn3)n[nH]c2c1)NO. The largest absolute Gasteiger partial charge is 0.492 e. The Kier molecular flexibility index (Phi) is 7.73. The van der Waals surface area contributed by atoms with Gasteiger partial charge in [-0.15, -0.1) is 0 Å². The molecule has 3 N–H and O–H groups in total. The summed E-state index contributed by atoms with van der Waals surface area (Å²) >= 11 is 1.62. The summed E-state index contributed by atoms with van der Waals surface area (Å²) in [5, 5.41) is 17.1. The number of aromatic amines is 1. The molecule has 2 aromatic heterocycles. The van der Waals surface area contributed by atoms with Gasteiger partial charge in [-0.1, -0.05) is 30.0 Å². The fraction of sp³-hybridized carbons (Fsp3) is 0.160. The summed E-state index contributed by atoms with van der Waals surface area (Å²) in [6.07, 6.45) is 7.32. The van der Waals surface area contributed by atoms with Crippen molar-refractivity contribution in [3.63, 3.8) is 0 Å². The molecule has 0 spiro atoms. The van der Waals surface area contributed by atoms with Gasteiger partial charge >= 0.3 is 0 Å². The normalized spacial score (nSPS) is 11.2. The quantitative estimate of drug-likeness (QED) is 0.168. The second-order valence-corrected chi connectivity index (χ2v) is 8.41. The third-order valence-corrected chi connectivity index (χ3v) is 5.97.